The molecule has 1 aromatic carbocycles. The van der Waals surface area contributed by atoms with Crippen LogP contribution in [0.3, 0.4) is 0 Å². The molecule has 0 radical (unpaired) electrons. The van der Waals surface area contributed by atoms with Crippen LogP contribution in [0.1, 0.15) is 68.4 Å². The topological polar surface area (TPSA) is 12.0 Å². The van der Waals surface area contributed by atoms with Crippen molar-refractivity contribution in [1.29, 1.82) is 0 Å². The van der Waals surface area contributed by atoms with E-state index in [1.807, 2.05) is 0 Å². The molecule has 0 aromatic heterocycles. The molecule has 4 rings (SSSR count). The fourth-order valence-electron chi connectivity index (χ4n) is 5.23. The number of anilines is 1. The molecule has 4 heteroatoms. The molecule has 0 spiro atoms. The molecule has 0 bridgehead atoms. The Labute approximate surface area is 135 Å². The van der Waals surface area contributed by atoms with Crippen LogP contribution in [0.15, 0.2) is 18.2 Å². The largest absolute Gasteiger partial charge is 0.416 e. The van der Waals surface area contributed by atoms with Gasteiger partial charge in [0.25, 0.3) is 0 Å². The lowest BCUT2D eigenvalue weighted by atomic mass is 9.71. The van der Waals surface area contributed by atoms with Gasteiger partial charge in [0.15, 0.2) is 0 Å². The minimum absolute atomic E-state index is 0.320. The van der Waals surface area contributed by atoms with E-state index in [0.29, 0.717) is 23.8 Å². The van der Waals surface area contributed by atoms with Crippen molar-refractivity contribution in [2.45, 2.75) is 69.5 Å². The Morgan fingerprint density at radius 1 is 0.913 bits per heavy atom. The van der Waals surface area contributed by atoms with Crippen LogP contribution >= 0.6 is 0 Å². The molecule has 23 heavy (non-hydrogen) atoms. The quantitative estimate of drug-likeness (QED) is 0.672. The molecule has 0 saturated heterocycles. The normalized spacial score (nSPS) is 31.3. The molecule has 0 amide bonds. The van der Waals surface area contributed by atoms with Gasteiger partial charge in [-0.05, 0) is 67.2 Å². The summed E-state index contributed by atoms with van der Waals surface area (Å²) in [5.74, 6) is 1.54. The van der Waals surface area contributed by atoms with E-state index < -0.39 is 11.7 Å². The zero-order valence-corrected chi connectivity index (χ0v) is 13.3. The van der Waals surface area contributed by atoms with Gasteiger partial charge in [0.2, 0.25) is 0 Å². The maximum Gasteiger partial charge on any atom is 0.416 e. The molecular formula is C19H24F3N. The van der Waals surface area contributed by atoms with E-state index in [2.05, 4.69) is 5.32 Å². The van der Waals surface area contributed by atoms with E-state index in [1.165, 1.54) is 44.2 Å². The number of fused-ring (bicyclic) bond motifs is 3. The molecule has 1 aromatic rings. The summed E-state index contributed by atoms with van der Waals surface area (Å²) in [6.07, 6.45) is 5.61. The van der Waals surface area contributed by atoms with E-state index in [-0.39, 0.29) is 0 Å². The van der Waals surface area contributed by atoms with Gasteiger partial charge in [-0.1, -0.05) is 25.7 Å². The third kappa shape index (κ3) is 2.74. The van der Waals surface area contributed by atoms with E-state index in [9.17, 15) is 13.2 Å². The van der Waals surface area contributed by atoms with Gasteiger partial charge < -0.3 is 5.32 Å². The highest BCUT2D eigenvalue weighted by molar-refractivity contribution is 5.58. The lowest BCUT2D eigenvalue weighted by Gasteiger charge is -2.43. The van der Waals surface area contributed by atoms with Crippen LogP contribution < -0.4 is 5.32 Å². The zero-order chi connectivity index (χ0) is 16.0. The molecule has 3 unspecified atom stereocenters. The van der Waals surface area contributed by atoms with E-state index in [0.717, 1.165) is 30.5 Å². The Bertz CT molecular complexity index is 574. The second-order valence-electron chi connectivity index (χ2n) is 7.57. The summed E-state index contributed by atoms with van der Waals surface area (Å²) in [5.41, 5.74) is 1.37. The van der Waals surface area contributed by atoms with Gasteiger partial charge in [-0.2, -0.15) is 13.2 Å². The van der Waals surface area contributed by atoms with Crippen molar-refractivity contribution in [2.24, 2.45) is 11.8 Å². The van der Waals surface area contributed by atoms with Gasteiger partial charge >= 0.3 is 6.18 Å². The number of nitrogens with one attached hydrogen (secondary N) is 1. The summed E-state index contributed by atoms with van der Waals surface area (Å²) in [5, 5.41) is 3.65. The molecule has 2 aliphatic carbocycles. The maximum absolute atomic E-state index is 13.0. The third-order valence-corrected chi connectivity index (χ3v) is 6.29. The van der Waals surface area contributed by atoms with Crippen molar-refractivity contribution in [1.82, 2.24) is 0 Å². The Balaban J connectivity index is 1.67. The van der Waals surface area contributed by atoms with Gasteiger partial charge in [0, 0.05) is 11.7 Å². The van der Waals surface area contributed by atoms with Gasteiger partial charge in [-0.25, -0.2) is 0 Å². The predicted molar refractivity (Wildman–Crippen MR) is 85.5 cm³/mol. The first-order chi connectivity index (χ1) is 11.0. The highest BCUT2D eigenvalue weighted by atomic mass is 19.4. The van der Waals surface area contributed by atoms with Crippen molar-refractivity contribution >= 4 is 5.69 Å². The van der Waals surface area contributed by atoms with E-state index >= 15 is 0 Å². The lowest BCUT2D eigenvalue weighted by molar-refractivity contribution is -0.137. The van der Waals surface area contributed by atoms with Crippen LogP contribution in [0.4, 0.5) is 18.9 Å². The van der Waals surface area contributed by atoms with Crippen molar-refractivity contribution in [3.8, 4) is 0 Å². The summed E-state index contributed by atoms with van der Waals surface area (Å²) < 4.78 is 39.1. The summed E-state index contributed by atoms with van der Waals surface area (Å²) in [6, 6.07) is 4.77. The molecule has 1 N–H and O–H groups in total. The van der Waals surface area contributed by atoms with Gasteiger partial charge in [0.1, 0.15) is 0 Å². The maximum atomic E-state index is 13.0. The Hall–Kier alpha value is -1.19. The number of benzene rings is 1. The molecule has 1 aliphatic heterocycles. The highest BCUT2D eigenvalue weighted by Gasteiger charge is 2.43. The van der Waals surface area contributed by atoms with Crippen molar-refractivity contribution < 1.29 is 13.2 Å². The molecule has 3 aliphatic rings. The SMILES string of the molecule is FC(F)(F)c1ccc2c(c1)C1CCCC1C(C1CCCCC1)N2. The average Bonchev–Trinajstić information content (AvgIpc) is 3.03. The van der Waals surface area contributed by atoms with Crippen LogP contribution in [-0.2, 0) is 6.18 Å². The monoisotopic (exact) mass is 323 g/mol. The number of hydrogen-bond donors (Lipinski definition) is 1. The predicted octanol–water partition coefficient (Wildman–Crippen LogP) is 5.96. The zero-order valence-electron chi connectivity index (χ0n) is 13.3. The molecule has 1 nitrogen and oxygen atoms in total. The molecule has 2 fully saturated rings. The fraction of sp³-hybridized carbons (Fsp3) is 0.684. The smallest absolute Gasteiger partial charge is 0.382 e. The minimum Gasteiger partial charge on any atom is -0.382 e. The molecule has 126 valence electrons. The average molecular weight is 323 g/mol. The first kappa shape index (κ1) is 15.3. The van der Waals surface area contributed by atoms with Gasteiger partial charge in [-0.15, -0.1) is 0 Å². The van der Waals surface area contributed by atoms with Crippen LogP contribution in [0.2, 0.25) is 0 Å². The van der Waals surface area contributed by atoms with E-state index in [1.54, 1.807) is 6.07 Å². The molecule has 1 heterocycles. The molecule has 3 atom stereocenters. The summed E-state index contributed by atoms with van der Waals surface area (Å²) in [6.45, 7) is 0. The summed E-state index contributed by atoms with van der Waals surface area (Å²) in [4.78, 5) is 0. The molecule has 2 saturated carbocycles. The van der Waals surface area contributed by atoms with Gasteiger partial charge in [-0.3, -0.25) is 0 Å². The summed E-state index contributed by atoms with van der Waals surface area (Å²) in [7, 11) is 0. The van der Waals surface area contributed by atoms with Crippen LogP contribution in [-0.4, -0.2) is 6.04 Å². The van der Waals surface area contributed by atoms with Crippen LogP contribution in [0, 0.1) is 11.8 Å². The second-order valence-corrected chi connectivity index (χ2v) is 7.57. The number of rotatable bonds is 1. The van der Waals surface area contributed by atoms with Crippen molar-refractivity contribution in [3.63, 3.8) is 0 Å². The Kier molecular flexibility index (Phi) is 3.81. The number of halogens is 3. The number of hydrogen-bond acceptors (Lipinski definition) is 1. The first-order valence-electron chi connectivity index (χ1n) is 9.02. The van der Waals surface area contributed by atoms with Crippen LogP contribution in [0.25, 0.3) is 0 Å². The van der Waals surface area contributed by atoms with Crippen molar-refractivity contribution in [2.75, 3.05) is 5.32 Å². The van der Waals surface area contributed by atoms with Gasteiger partial charge in [0.05, 0.1) is 5.56 Å². The second kappa shape index (κ2) is 5.71. The van der Waals surface area contributed by atoms with Crippen molar-refractivity contribution in [3.05, 3.63) is 29.3 Å². The fourth-order valence-corrected chi connectivity index (χ4v) is 5.23. The highest BCUT2D eigenvalue weighted by Crippen LogP contribution is 2.51. The molecular weight excluding hydrogens is 299 g/mol. The minimum atomic E-state index is -4.25. The Morgan fingerprint density at radius 3 is 2.43 bits per heavy atom. The standard InChI is InChI=1S/C19H24F3N/c20-19(21,22)13-9-10-17-16(11-13)14-7-4-8-15(14)18(23-17)12-5-2-1-3-6-12/h9-12,14-15,18,23H,1-8H2. The van der Waals surface area contributed by atoms with E-state index in [4.69, 9.17) is 0 Å². The van der Waals surface area contributed by atoms with Crippen LogP contribution in [0.5, 0.6) is 0 Å². The first-order valence-corrected chi connectivity index (χ1v) is 9.02. The Morgan fingerprint density at radius 2 is 1.70 bits per heavy atom. The summed E-state index contributed by atoms with van der Waals surface area (Å²) >= 11 is 0. The lowest BCUT2D eigenvalue weighted by Crippen LogP contribution is -2.42. The number of alkyl halides is 3. The third-order valence-electron chi connectivity index (χ3n) is 6.29.